The summed E-state index contributed by atoms with van der Waals surface area (Å²) in [6.45, 7) is 0. The first-order chi connectivity index (χ1) is 14.7. The van der Waals surface area contributed by atoms with E-state index in [4.69, 9.17) is 9.62 Å². The molecule has 0 unspecified atom stereocenters. The molecule has 3 heterocycles. The minimum absolute atomic E-state index is 0.141. The van der Waals surface area contributed by atoms with Crippen molar-refractivity contribution in [2.75, 3.05) is 10.6 Å². The molecule has 1 aromatic carbocycles. The van der Waals surface area contributed by atoms with Gasteiger partial charge < -0.3 is 20.3 Å². The van der Waals surface area contributed by atoms with E-state index < -0.39 is 5.91 Å². The van der Waals surface area contributed by atoms with Crippen molar-refractivity contribution in [1.29, 1.82) is 0 Å². The number of hydrogen-bond acceptors (Lipinski definition) is 7. The van der Waals surface area contributed by atoms with E-state index in [-0.39, 0.29) is 5.76 Å². The van der Waals surface area contributed by atoms with E-state index in [1.807, 2.05) is 18.2 Å². The smallest absolute Gasteiger partial charge is 0.294 e. The molecule has 8 heteroatoms. The van der Waals surface area contributed by atoms with Gasteiger partial charge in [0.05, 0.1) is 17.6 Å². The number of aromatic nitrogens is 2. The molecule has 5 rings (SSSR count). The number of amides is 1. The molecule has 30 heavy (non-hydrogen) atoms. The quantitative estimate of drug-likeness (QED) is 0.347. The van der Waals surface area contributed by atoms with Crippen molar-refractivity contribution in [3.63, 3.8) is 0 Å². The lowest BCUT2D eigenvalue weighted by Gasteiger charge is -2.09. The van der Waals surface area contributed by atoms with E-state index in [1.54, 1.807) is 42.9 Å². The minimum atomic E-state index is -0.414. The SMILES string of the molecule is O=C(Nc1ccccn1)c1oc2cnccc2c1Nc1ccc2c(c1)CCC2=NO. The molecule has 1 aliphatic carbocycles. The maximum Gasteiger partial charge on any atom is 0.294 e. The summed E-state index contributed by atoms with van der Waals surface area (Å²) in [4.78, 5) is 21.1. The van der Waals surface area contributed by atoms with E-state index in [0.717, 1.165) is 28.6 Å². The number of aryl methyl sites for hydroxylation is 1. The zero-order valence-electron chi connectivity index (χ0n) is 15.8. The Bertz CT molecular complexity index is 1280. The van der Waals surface area contributed by atoms with Crippen molar-refractivity contribution in [2.24, 2.45) is 5.16 Å². The second kappa shape index (κ2) is 7.32. The molecule has 0 fully saturated rings. The van der Waals surface area contributed by atoms with E-state index >= 15 is 0 Å². The van der Waals surface area contributed by atoms with Gasteiger partial charge in [-0.25, -0.2) is 4.98 Å². The van der Waals surface area contributed by atoms with E-state index in [9.17, 15) is 4.79 Å². The molecule has 0 spiro atoms. The predicted molar refractivity (Wildman–Crippen MR) is 113 cm³/mol. The Labute approximate surface area is 171 Å². The Balaban J connectivity index is 1.52. The molecule has 1 amide bonds. The van der Waals surface area contributed by atoms with Gasteiger partial charge in [0, 0.05) is 29.0 Å². The summed E-state index contributed by atoms with van der Waals surface area (Å²) in [5.41, 5.74) is 4.57. The van der Waals surface area contributed by atoms with Crippen molar-refractivity contribution < 1.29 is 14.4 Å². The van der Waals surface area contributed by atoms with Gasteiger partial charge in [0.2, 0.25) is 5.76 Å². The van der Waals surface area contributed by atoms with Crippen molar-refractivity contribution >= 4 is 39.8 Å². The van der Waals surface area contributed by atoms with Crippen molar-refractivity contribution in [2.45, 2.75) is 12.8 Å². The number of fused-ring (bicyclic) bond motifs is 2. The van der Waals surface area contributed by atoms with Crippen LogP contribution in [0.2, 0.25) is 0 Å². The van der Waals surface area contributed by atoms with Gasteiger partial charge in [-0.1, -0.05) is 17.3 Å². The molecule has 148 valence electrons. The first kappa shape index (κ1) is 17.9. The van der Waals surface area contributed by atoms with Crippen molar-refractivity contribution in [3.8, 4) is 0 Å². The number of nitrogens with one attached hydrogen (secondary N) is 2. The van der Waals surface area contributed by atoms with E-state index in [0.29, 0.717) is 29.2 Å². The lowest BCUT2D eigenvalue weighted by Crippen LogP contribution is -2.13. The molecule has 3 N–H and O–H groups in total. The summed E-state index contributed by atoms with van der Waals surface area (Å²) >= 11 is 0. The maximum atomic E-state index is 12.9. The van der Waals surface area contributed by atoms with Gasteiger partial charge in [-0.05, 0) is 48.7 Å². The van der Waals surface area contributed by atoms with Crippen LogP contribution in [0.4, 0.5) is 17.2 Å². The fourth-order valence-electron chi connectivity index (χ4n) is 3.64. The molecule has 0 saturated heterocycles. The highest BCUT2D eigenvalue weighted by atomic mass is 16.4. The zero-order chi connectivity index (χ0) is 20.5. The van der Waals surface area contributed by atoms with Gasteiger partial charge in [0.15, 0.2) is 5.58 Å². The molecule has 4 aromatic rings. The summed E-state index contributed by atoms with van der Waals surface area (Å²) in [7, 11) is 0. The molecular formula is C22H17N5O3. The van der Waals surface area contributed by atoms with Gasteiger partial charge in [-0.3, -0.25) is 9.78 Å². The molecule has 0 saturated carbocycles. The van der Waals surface area contributed by atoms with Crippen LogP contribution < -0.4 is 10.6 Å². The van der Waals surface area contributed by atoms with Crippen LogP contribution in [0.25, 0.3) is 11.0 Å². The summed E-state index contributed by atoms with van der Waals surface area (Å²) in [5.74, 6) is 0.158. The molecule has 3 aromatic heterocycles. The monoisotopic (exact) mass is 399 g/mol. The average Bonchev–Trinajstić information content (AvgIpc) is 3.36. The molecule has 0 radical (unpaired) electrons. The number of anilines is 3. The van der Waals surface area contributed by atoms with Crippen LogP contribution in [-0.4, -0.2) is 26.8 Å². The van der Waals surface area contributed by atoms with Gasteiger partial charge in [0.1, 0.15) is 5.82 Å². The van der Waals surface area contributed by atoms with Crippen LogP contribution in [-0.2, 0) is 6.42 Å². The third-order valence-corrected chi connectivity index (χ3v) is 5.04. The van der Waals surface area contributed by atoms with Crippen LogP contribution in [0, 0.1) is 0 Å². The van der Waals surface area contributed by atoms with Gasteiger partial charge in [-0.2, -0.15) is 0 Å². The van der Waals surface area contributed by atoms with Crippen LogP contribution in [0.15, 0.2) is 70.6 Å². The molecular weight excluding hydrogens is 382 g/mol. The number of furan rings is 1. The van der Waals surface area contributed by atoms with Crippen LogP contribution in [0.5, 0.6) is 0 Å². The largest absolute Gasteiger partial charge is 0.447 e. The van der Waals surface area contributed by atoms with Gasteiger partial charge >= 0.3 is 0 Å². The summed E-state index contributed by atoms with van der Waals surface area (Å²) < 4.78 is 5.82. The maximum absolute atomic E-state index is 12.9. The molecule has 8 nitrogen and oxygen atoms in total. The topological polar surface area (TPSA) is 113 Å². The normalized spacial score (nSPS) is 14.1. The number of oxime groups is 1. The number of rotatable bonds is 4. The molecule has 1 aliphatic rings. The summed E-state index contributed by atoms with van der Waals surface area (Å²) in [6, 6.07) is 12.9. The highest BCUT2D eigenvalue weighted by molar-refractivity contribution is 6.12. The number of pyridine rings is 2. The first-order valence-electron chi connectivity index (χ1n) is 9.43. The Hall–Kier alpha value is -4.20. The summed E-state index contributed by atoms with van der Waals surface area (Å²) in [5, 5.41) is 19.3. The highest BCUT2D eigenvalue weighted by Crippen LogP contribution is 2.34. The lowest BCUT2D eigenvalue weighted by molar-refractivity contribution is 0.0999. The number of nitrogens with zero attached hydrogens (tertiary/aromatic N) is 3. The van der Waals surface area contributed by atoms with Gasteiger partial charge in [0.25, 0.3) is 5.91 Å². The third-order valence-electron chi connectivity index (χ3n) is 5.04. The summed E-state index contributed by atoms with van der Waals surface area (Å²) in [6.07, 6.45) is 6.33. The highest BCUT2D eigenvalue weighted by Gasteiger charge is 2.23. The van der Waals surface area contributed by atoms with Crippen LogP contribution in [0.1, 0.15) is 28.1 Å². The Kier molecular flexibility index (Phi) is 4.36. The van der Waals surface area contributed by atoms with Crippen LogP contribution >= 0.6 is 0 Å². The minimum Gasteiger partial charge on any atom is -0.447 e. The standard InChI is InChI=1S/C22H17N5O3/c28-22(26-19-3-1-2-9-24-19)21-20(16-8-10-23-12-18(16)30-21)25-14-5-6-15-13(11-14)4-7-17(15)27-29/h1-3,5-6,8-12,25,29H,4,7H2,(H,24,26,28). The number of carbonyl (C=O) groups excluding carboxylic acids is 1. The fourth-order valence-corrected chi connectivity index (χ4v) is 3.64. The van der Waals surface area contributed by atoms with E-state index in [1.165, 1.54) is 0 Å². The Morgan fingerprint density at radius 2 is 2.07 bits per heavy atom. The molecule has 0 atom stereocenters. The Morgan fingerprint density at radius 3 is 2.90 bits per heavy atom. The van der Waals surface area contributed by atoms with Crippen molar-refractivity contribution in [1.82, 2.24) is 9.97 Å². The molecule has 0 bridgehead atoms. The van der Waals surface area contributed by atoms with Gasteiger partial charge in [-0.15, -0.1) is 0 Å². The Morgan fingerprint density at radius 1 is 1.13 bits per heavy atom. The van der Waals surface area contributed by atoms with Crippen molar-refractivity contribution in [3.05, 3.63) is 77.9 Å². The second-order valence-corrected chi connectivity index (χ2v) is 6.89. The lowest BCUT2D eigenvalue weighted by atomic mass is 10.1. The number of benzene rings is 1. The van der Waals surface area contributed by atoms with E-state index in [2.05, 4.69) is 25.8 Å². The number of carbonyl (C=O) groups is 1. The fraction of sp³-hybridized carbons (Fsp3) is 0.0909. The third kappa shape index (κ3) is 3.14. The molecule has 0 aliphatic heterocycles. The zero-order valence-corrected chi connectivity index (χ0v) is 15.8. The average molecular weight is 399 g/mol. The predicted octanol–water partition coefficient (Wildman–Crippen LogP) is 4.34. The van der Waals surface area contributed by atoms with Crippen LogP contribution in [0.3, 0.4) is 0 Å². The number of hydrogen-bond donors (Lipinski definition) is 3. The second-order valence-electron chi connectivity index (χ2n) is 6.89. The first-order valence-corrected chi connectivity index (χ1v) is 9.43.